The predicted octanol–water partition coefficient (Wildman–Crippen LogP) is 3.96. The Hall–Kier alpha value is -1.40. The molecule has 1 saturated carbocycles. The Bertz CT molecular complexity index is 772. The van der Waals surface area contributed by atoms with Gasteiger partial charge in [0, 0.05) is 31.6 Å². The standard InChI is InChI=1S/C24H36O6/c1-13-9-8-10-23(6,29-15(3)26)21-19-16(22(4,5)28-14(2)25)12-18-24(7,30-18)20(19)17(11-13)27-21/h9,16-21H,8,10-12H2,1-7H3/t16-,17+,18+,19-,20+,21+,23+,24+/m0/s1. The second-order valence-electron chi connectivity index (χ2n) is 10.7. The van der Waals surface area contributed by atoms with Crippen molar-refractivity contribution < 1.29 is 28.5 Å². The number of epoxide rings is 1. The van der Waals surface area contributed by atoms with Crippen LogP contribution >= 0.6 is 0 Å². The van der Waals surface area contributed by atoms with Crippen LogP contribution in [0.4, 0.5) is 0 Å². The van der Waals surface area contributed by atoms with E-state index < -0.39 is 11.2 Å². The van der Waals surface area contributed by atoms with Gasteiger partial charge in [0.05, 0.1) is 17.8 Å². The van der Waals surface area contributed by atoms with Gasteiger partial charge in [-0.3, -0.25) is 9.59 Å². The Morgan fingerprint density at radius 1 is 1.20 bits per heavy atom. The molecule has 4 aliphatic rings. The average Bonchev–Trinajstić information content (AvgIpc) is 3.08. The van der Waals surface area contributed by atoms with Crippen LogP contribution in [0.1, 0.15) is 74.1 Å². The van der Waals surface area contributed by atoms with Crippen molar-refractivity contribution in [2.75, 3.05) is 0 Å². The topological polar surface area (TPSA) is 74.4 Å². The fourth-order valence-corrected chi connectivity index (χ4v) is 6.75. The van der Waals surface area contributed by atoms with E-state index in [2.05, 4.69) is 19.9 Å². The quantitative estimate of drug-likeness (QED) is 0.391. The molecule has 3 fully saturated rings. The molecule has 8 atom stereocenters. The maximum Gasteiger partial charge on any atom is 0.303 e. The first kappa shape index (κ1) is 21.8. The van der Waals surface area contributed by atoms with Crippen LogP contribution in [0.3, 0.4) is 0 Å². The Kier molecular flexibility index (Phi) is 5.13. The number of allylic oxidation sites excluding steroid dienone is 1. The molecule has 0 radical (unpaired) electrons. The maximum atomic E-state index is 12.1. The summed E-state index contributed by atoms with van der Waals surface area (Å²) in [5, 5.41) is 0. The van der Waals surface area contributed by atoms with Gasteiger partial charge in [-0.15, -0.1) is 0 Å². The average molecular weight is 421 g/mol. The number of fused-ring (bicyclic) bond motifs is 7. The van der Waals surface area contributed by atoms with E-state index in [1.807, 2.05) is 20.8 Å². The molecule has 2 bridgehead atoms. The number of hydrogen-bond acceptors (Lipinski definition) is 6. The highest BCUT2D eigenvalue weighted by atomic mass is 16.6. The van der Waals surface area contributed by atoms with Crippen LogP contribution in [0.5, 0.6) is 0 Å². The molecule has 0 amide bonds. The molecular formula is C24H36O6. The highest BCUT2D eigenvalue weighted by Crippen LogP contribution is 2.64. The van der Waals surface area contributed by atoms with Crippen LogP contribution in [-0.2, 0) is 28.5 Å². The van der Waals surface area contributed by atoms with Crippen molar-refractivity contribution in [2.45, 2.75) is 109 Å². The normalized spacial score (nSPS) is 45.1. The number of hydrogen-bond donors (Lipinski definition) is 0. The van der Waals surface area contributed by atoms with E-state index in [4.69, 9.17) is 18.9 Å². The number of esters is 2. The Labute approximate surface area is 179 Å². The van der Waals surface area contributed by atoms with Gasteiger partial charge in [0.2, 0.25) is 0 Å². The predicted molar refractivity (Wildman–Crippen MR) is 111 cm³/mol. The van der Waals surface area contributed by atoms with Gasteiger partial charge in [-0.1, -0.05) is 11.6 Å². The van der Waals surface area contributed by atoms with Crippen LogP contribution in [0.2, 0.25) is 0 Å². The van der Waals surface area contributed by atoms with Gasteiger partial charge in [0.15, 0.2) is 0 Å². The van der Waals surface area contributed by atoms with Crippen molar-refractivity contribution >= 4 is 11.9 Å². The van der Waals surface area contributed by atoms with Gasteiger partial charge in [-0.25, -0.2) is 0 Å². The molecule has 0 unspecified atom stereocenters. The number of carbonyl (C=O) groups is 2. The second kappa shape index (κ2) is 7.06. The van der Waals surface area contributed by atoms with Crippen molar-refractivity contribution in [2.24, 2.45) is 17.8 Å². The molecular weight excluding hydrogens is 384 g/mol. The molecule has 6 heteroatoms. The molecule has 0 aromatic carbocycles. The molecule has 2 saturated heterocycles. The van der Waals surface area contributed by atoms with E-state index in [-0.39, 0.29) is 53.6 Å². The lowest BCUT2D eigenvalue weighted by molar-refractivity contribution is -0.184. The van der Waals surface area contributed by atoms with Crippen LogP contribution in [0.25, 0.3) is 0 Å². The van der Waals surface area contributed by atoms with Crippen molar-refractivity contribution in [3.8, 4) is 0 Å². The summed E-state index contributed by atoms with van der Waals surface area (Å²) >= 11 is 0. The summed E-state index contributed by atoms with van der Waals surface area (Å²) in [5.41, 5.74) is -0.338. The van der Waals surface area contributed by atoms with Gasteiger partial charge in [-0.05, 0) is 60.3 Å². The molecule has 0 aromatic heterocycles. The molecule has 30 heavy (non-hydrogen) atoms. The SMILES string of the molecule is CC(=O)OC(C)(C)[C@H]1C[C@H]2O[C@@]2(C)[C@H]2[C@H]1[C@H]1O[C@@H]2CC(C)=CCC[C@@]1(C)OC(C)=O. The third kappa shape index (κ3) is 3.50. The van der Waals surface area contributed by atoms with E-state index in [9.17, 15) is 9.59 Å². The van der Waals surface area contributed by atoms with Crippen LogP contribution < -0.4 is 0 Å². The fourth-order valence-electron chi connectivity index (χ4n) is 6.75. The van der Waals surface area contributed by atoms with Crippen LogP contribution in [0, 0.1) is 17.8 Å². The largest absolute Gasteiger partial charge is 0.460 e. The lowest BCUT2D eigenvalue weighted by atomic mass is 9.58. The summed E-state index contributed by atoms with van der Waals surface area (Å²) in [6, 6.07) is 0. The first-order valence-electron chi connectivity index (χ1n) is 11.3. The molecule has 6 nitrogen and oxygen atoms in total. The Balaban J connectivity index is 1.80. The highest BCUT2D eigenvalue weighted by molar-refractivity contribution is 5.67. The smallest absolute Gasteiger partial charge is 0.303 e. The van der Waals surface area contributed by atoms with Gasteiger partial charge < -0.3 is 18.9 Å². The monoisotopic (exact) mass is 420 g/mol. The Morgan fingerprint density at radius 3 is 2.53 bits per heavy atom. The van der Waals surface area contributed by atoms with E-state index >= 15 is 0 Å². The van der Waals surface area contributed by atoms with Crippen molar-refractivity contribution in [3.05, 3.63) is 11.6 Å². The van der Waals surface area contributed by atoms with E-state index in [1.165, 1.54) is 19.4 Å². The van der Waals surface area contributed by atoms with Crippen LogP contribution in [-0.4, -0.2) is 47.1 Å². The zero-order chi connectivity index (χ0) is 22.1. The molecule has 4 rings (SSSR count). The third-order valence-corrected chi connectivity index (χ3v) is 7.99. The minimum absolute atomic E-state index is 0.00448. The number of carbonyl (C=O) groups excluding carboxylic acids is 2. The number of rotatable bonds is 3. The molecule has 0 N–H and O–H groups in total. The summed E-state index contributed by atoms with van der Waals surface area (Å²) in [5.74, 6) is -0.281. The Morgan fingerprint density at radius 2 is 1.90 bits per heavy atom. The van der Waals surface area contributed by atoms with E-state index in [0.717, 1.165) is 19.3 Å². The van der Waals surface area contributed by atoms with Gasteiger partial charge >= 0.3 is 11.9 Å². The second-order valence-corrected chi connectivity index (χ2v) is 10.7. The van der Waals surface area contributed by atoms with Crippen molar-refractivity contribution in [1.82, 2.24) is 0 Å². The first-order chi connectivity index (χ1) is 13.9. The summed E-state index contributed by atoms with van der Waals surface area (Å²) < 4.78 is 24.8. The minimum atomic E-state index is -0.743. The maximum absolute atomic E-state index is 12.1. The lowest BCUT2D eigenvalue weighted by Gasteiger charge is -2.47. The van der Waals surface area contributed by atoms with Gasteiger partial charge in [0.1, 0.15) is 17.3 Å². The van der Waals surface area contributed by atoms with Gasteiger partial charge in [-0.2, -0.15) is 0 Å². The first-order valence-corrected chi connectivity index (χ1v) is 11.3. The molecule has 0 aromatic rings. The highest BCUT2D eigenvalue weighted by Gasteiger charge is 2.73. The lowest BCUT2D eigenvalue weighted by Crippen LogP contribution is -2.56. The van der Waals surface area contributed by atoms with Gasteiger partial charge in [0.25, 0.3) is 0 Å². The van der Waals surface area contributed by atoms with Crippen LogP contribution in [0.15, 0.2) is 11.6 Å². The summed E-state index contributed by atoms with van der Waals surface area (Å²) in [4.78, 5) is 24.0. The summed E-state index contributed by atoms with van der Waals surface area (Å²) in [6.45, 7) is 13.3. The summed E-state index contributed by atoms with van der Waals surface area (Å²) in [7, 11) is 0. The molecule has 0 spiro atoms. The zero-order valence-corrected chi connectivity index (χ0v) is 19.3. The van der Waals surface area contributed by atoms with Crippen molar-refractivity contribution in [1.29, 1.82) is 0 Å². The fraction of sp³-hybridized carbons (Fsp3) is 0.833. The molecule has 168 valence electrons. The summed E-state index contributed by atoms with van der Waals surface area (Å²) in [6.07, 6.45) is 5.33. The van der Waals surface area contributed by atoms with E-state index in [0.29, 0.717) is 6.42 Å². The molecule has 3 aliphatic heterocycles. The minimum Gasteiger partial charge on any atom is -0.460 e. The van der Waals surface area contributed by atoms with Crippen molar-refractivity contribution in [3.63, 3.8) is 0 Å². The van der Waals surface area contributed by atoms with E-state index in [1.54, 1.807) is 0 Å². The molecule has 3 heterocycles. The number of ether oxygens (including phenoxy) is 4. The zero-order valence-electron chi connectivity index (χ0n) is 19.3. The molecule has 1 aliphatic carbocycles. The third-order valence-electron chi connectivity index (χ3n) is 7.99.